The van der Waals surface area contributed by atoms with Crippen LogP contribution in [-0.2, 0) is 14.3 Å². The number of nitrogens with one attached hydrogen (secondary N) is 1. The van der Waals surface area contributed by atoms with E-state index in [2.05, 4.69) is 26.2 Å². The SMILES string of the molecule is CCOC(=O)[C@H](Oc1ncc(Br)cc1[N+](=O)[O-])[C@H](NC(=O)OC(C)(C)C)c1ccccc1. The summed E-state index contributed by atoms with van der Waals surface area (Å²) >= 11 is 3.12. The van der Waals surface area contributed by atoms with Gasteiger partial charge in [-0.1, -0.05) is 30.3 Å². The smallest absolute Gasteiger partial charge is 0.408 e. The lowest BCUT2D eigenvalue weighted by molar-refractivity contribution is -0.386. The average Bonchev–Trinajstić information content (AvgIpc) is 2.70. The Morgan fingerprint density at radius 1 is 1.25 bits per heavy atom. The van der Waals surface area contributed by atoms with Crippen molar-refractivity contribution >= 4 is 33.7 Å². The Morgan fingerprint density at radius 2 is 1.91 bits per heavy atom. The average molecular weight is 510 g/mol. The lowest BCUT2D eigenvalue weighted by atomic mass is 10.0. The van der Waals surface area contributed by atoms with E-state index in [1.807, 2.05) is 0 Å². The molecule has 0 radical (unpaired) electrons. The fourth-order valence-corrected chi connectivity index (χ4v) is 2.98. The quantitative estimate of drug-likeness (QED) is 0.316. The van der Waals surface area contributed by atoms with E-state index in [1.165, 1.54) is 12.3 Å². The number of esters is 1. The second-order valence-electron chi connectivity index (χ2n) is 7.56. The number of hydrogen-bond acceptors (Lipinski definition) is 8. The normalized spacial score (nSPS) is 12.9. The van der Waals surface area contributed by atoms with Crippen LogP contribution in [0.3, 0.4) is 0 Å². The number of ether oxygens (including phenoxy) is 3. The number of nitro groups is 1. The van der Waals surface area contributed by atoms with Crippen molar-refractivity contribution in [2.45, 2.75) is 45.4 Å². The van der Waals surface area contributed by atoms with Crippen molar-refractivity contribution in [2.24, 2.45) is 0 Å². The predicted molar refractivity (Wildman–Crippen MR) is 118 cm³/mol. The number of alkyl carbamates (subject to hydrolysis) is 1. The van der Waals surface area contributed by atoms with E-state index in [0.717, 1.165) is 0 Å². The van der Waals surface area contributed by atoms with Gasteiger partial charge in [-0.2, -0.15) is 0 Å². The van der Waals surface area contributed by atoms with Gasteiger partial charge in [-0.3, -0.25) is 10.1 Å². The van der Waals surface area contributed by atoms with Gasteiger partial charge in [0.25, 0.3) is 5.88 Å². The van der Waals surface area contributed by atoms with Crippen molar-refractivity contribution in [1.82, 2.24) is 10.3 Å². The number of hydrogen-bond donors (Lipinski definition) is 1. The van der Waals surface area contributed by atoms with Crippen molar-refractivity contribution in [3.8, 4) is 5.88 Å². The maximum absolute atomic E-state index is 12.8. The van der Waals surface area contributed by atoms with Crippen LogP contribution in [0.15, 0.2) is 47.1 Å². The molecule has 1 N–H and O–H groups in total. The second kappa shape index (κ2) is 10.9. The first-order valence-corrected chi connectivity index (χ1v) is 10.5. The van der Waals surface area contributed by atoms with Crippen LogP contribution in [0.25, 0.3) is 0 Å². The number of benzene rings is 1. The van der Waals surface area contributed by atoms with Gasteiger partial charge in [0, 0.05) is 16.7 Å². The van der Waals surface area contributed by atoms with Crippen LogP contribution >= 0.6 is 15.9 Å². The molecule has 0 saturated carbocycles. The summed E-state index contributed by atoms with van der Waals surface area (Å²) in [6.45, 7) is 6.71. The third-order valence-corrected chi connectivity index (χ3v) is 4.32. The van der Waals surface area contributed by atoms with Crippen LogP contribution in [0.4, 0.5) is 10.5 Å². The number of amides is 1. The summed E-state index contributed by atoms with van der Waals surface area (Å²) in [7, 11) is 0. The second-order valence-corrected chi connectivity index (χ2v) is 8.48. The van der Waals surface area contributed by atoms with E-state index in [-0.39, 0.29) is 6.61 Å². The molecule has 0 fully saturated rings. The number of carbonyl (C=O) groups excluding carboxylic acids is 2. The number of halogens is 1. The Balaban J connectivity index is 2.50. The summed E-state index contributed by atoms with van der Waals surface area (Å²) in [5.41, 5.74) is -0.758. The fraction of sp³-hybridized carbons (Fsp3) is 0.381. The van der Waals surface area contributed by atoms with E-state index < -0.39 is 46.3 Å². The third-order valence-electron chi connectivity index (χ3n) is 3.89. The Kier molecular flexibility index (Phi) is 8.53. The molecule has 172 valence electrons. The van der Waals surface area contributed by atoms with Crippen LogP contribution in [0, 0.1) is 10.1 Å². The van der Waals surface area contributed by atoms with Gasteiger partial charge in [-0.25, -0.2) is 14.6 Å². The van der Waals surface area contributed by atoms with Gasteiger partial charge in [0.1, 0.15) is 11.6 Å². The van der Waals surface area contributed by atoms with Crippen molar-refractivity contribution < 1.29 is 28.7 Å². The fourth-order valence-electron chi connectivity index (χ4n) is 2.66. The number of aromatic nitrogens is 1. The van der Waals surface area contributed by atoms with Gasteiger partial charge >= 0.3 is 17.7 Å². The molecule has 10 nitrogen and oxygen atoms in total. The molecule has 2 aromatic rings. The Labute approximate surface area is 193 Å². The van der Waals surface area contributed by atoms with E-state index >= 15 is 0 Å². The van der Waals surface area contributed by atoms with Crippen LogP contribution in [0.5, 0.6) is 5.88 Å². The lowest BCUT2D eigenvalue weighted by Crippen LogP contribution is -2.46. The minimum Gasteiger partial charge on any atom is -0.463 e. The van der Waals surface area contributed by atoms with Crippen LogP contribution < -0.4 is 10.1 Å². The summed E-state index contributed by atoms with van der Waals surface area (Å²) in [5.74, 6) is -1.24. The van der Waals surface area contributed by atoms with E-state index in [4.69, 9.17) is 14.2 Å². The highest BCUT2D eigenvalue weighted by Crippen LogP contribution is 2.31. The Bertz CT molecular complexity index is 964. The Morgan fingerprint density at radius 3 is 2.47 bits per heavy atom. The molecule has 1 heterocycles. The monoisotopic (exact) mass is 509 g/mol. The highest BCUT2D eigenvalue weighted by atomic mass is 79.9. The molecule has 1 aromatic heterocycles. The molecule has 0 aliphatic rings. The highest BCUT2D eigenvalue weighted by Gasteiger charge is 2.37. The molecule has 0 spiro atoms. The molecule has 2 atom stereocenters. The Hall–Kier alpha value is -3.21. The van der Waals surface area contributed by atoms with Crippen molar-refractivity contribution in [3.05, 3.63) is 62.7 Å². The minimum absolute atomic E-state index is 0.0303. The highest BCUT2D eigenvalue weighted by molar-refractivity contribution is 9.10. The van der Waals surface area contributed by atoms with Gasteiger partial charge in [0.15, 0.2) is 0 Å². The summed E-state index contributed by atoms with van der Waals surface area (Å²) in [6, 6.07) is 8.62. The molecule has 0 saturated heterocycles. The summed E-state index contributed by atoms with van der Waals surface area (Å²) in [6.07, 6.45) is -0.997. The molecular weight excluding hydrogens is 486 g/mol. The molecule has 0 aliphatic carbocycles. The van der Waals surface area contributed by atoms with Gasteiger partial charge in [0.05, 0.1) is 11.5 Å². The number of nitrogens with zero attached hydrogens (tertiary/aromatic N) is 2. The van der Waals surface area contributed by atoms with Crippen molar-refractivity contribution in [2.75, 3.05) is 6.61 Å². The first-order chi connectivity index (χ1) is 15.0. The molecule has 2 rings (SSSR count). The standard InChI is InChI=1S/C21H24BrN3O7/c1-5-30-19(26)17(31-18-15(25(28)29)11-14(22)12-23-18)16(13-9-7-6-8-10-13)24-20(27)32-21(2,3)4/h6-12,16-17H,5H2,1-4H3,(H,24,27)/t16-,17-/m1/s1. The largest absolute Gasteiger partial charge is 0.463 e. The summed E-state index contributed by atoms with van der Waals surface area (Å²) in [4.78, 5) is 40.1. The zero-order valence-electron chi connectivity index (χ0n) is 18.0. The molecule has 32 heavy (non-hydrogen) atoms. The predicted octanol–water partition coefficient (Wildman–Crippen LogP) is 4.33. The summed E-state index contributed by atoms with van der Waals surface area (Å²) in [5, 5.41) is 14.1. The first kappa shape index (κ1) is 25.1. The lowest BCUT2D eigenvalue weighted by Gasteiger charge is -2.28. The molecule has 1 aromatic carbocycles. The van der Waals surface area contributed by atoms with Crippen LogP contribution in [0.1, 0.15) is 39.3 Å². The molecular formula is C21H24BrN3O7. The zero-order chi connectivity index (χ0) is 23.9. The molecule has 0 unspecified atom stereocenters. The topological polar surface area (TPSA) is 130 Å². The van der Waals surface area contributed by atoms with Gasteiger partial charge in [0.2, 0.25) is 6.10 Å². The molecule has 1 amide bonds. The third kappa shape index (κ3) is 7.19. The molecule has 0 aliphatic heterocycles. The number of rotatable bonds is 8. The van der Waals surface area contributed by atoms with E-state index in [0.29, 0.717) is 10.0 Å². The van der Waals surface area contributed by atoms with Crippen LogP contribution in [0.2, 0.25) is 0 Å². The number of carbonyl (C=O) groups is 2. The number of pyridine rings is 1. The molecule has 11 heteroatoms. The maximum atomic E-state index is 12.8. The summed E-state index contributed by atoms with van der Waals surface area (Å²) < 4.78 is 16.5. The van der Waals surface area contributed by atoms with Gasteiger partial charge < -0.3 is 19.5 Å². The first-order valence-electron chi connectivity index (χ1n) is 9.69. The van der Waals surface area contributed by atoms with E-state index in [9.17, 15) is 19.7 Å². The van der Waals surface area contributed by atoms with E-state index in [1.54, 1.807) is 58.0 Å². The van der Waals surface area contributed by atoms with Crippen molar-refractivity contribution in [3.63, 3.8) is 0 Å². The van der Waals surface area contributed by atoms with Gasteiger partial charge in [-0.05, 0) is 49.2 Å². The van der Waals surface area contributed by atoms with Crippen LogP contribution in [-0.4, -0.2) is 40.3 Å². The zero-order valence-corrected chi connectivity index (χ0v) is 19.6. The minimum atomic E-state index is -1.49. The van der Waals surface area contributed by atoms with Crippen molar-refractivity contribution in [1.29, 1.82) is 0 Å². The maximum Gasteiger partial charge on any atom is 0.408 e. The molecule has 0 bridgehead atoms. The van der Waals surface area contributed by atoms with Gasteiger partial charge in [-0.15, -0.1) is 0 Å².